The van der Waals surface area contributed by atoms with Crippen LogP contribution in [0, 0.1) is 0 Å². The summed E-state index contributed by atoms with van der Waals surface area (Å²) in [5.74, 6) is 0.455. The second-order valence-electron chi connectivity index (χ2n) is 7.52. The van der Waals surface area contributed by atoms with Crippen LogP contribution in [0.25, 0.3) is 0 Å². The van der Waals surface area contributed by atoms with Gasteiger partial charge in [-0.2, -0.15) is 0 Å². The lowest BCUT2D eigenvalue weighted by Crippen LogP contribution is -1.93. The zero-order valence-electron chi connectivity index (χ0n) is 17.6. The zero-order chi connectivity index (χ0) is 23.2. The van der Waals surface area contributed by atoms with Crippen molar-refractivity contribution in [2.75, 3.05) is 0 Å². The Bertz CT molecular complexity index is 1240. The number of aliphatic imine (C=N–C) groups is 2. The first-order chi connectivity index (χ1) is 16.0. The maximum absolute atomic E-state index is 10.2. The van der Waals surface area contributed by atoms with Crippen LogP contribution in [0.5, 0.6) is 23.0 Å². The van der Waals surface area contributed by atoms with E-state index in [1.807, 2.05) is 24.3 Å². The largest absolute Gasteiger partial charge is 0.508 e. The minimum absolute atomic E-state index is 0.104. The average Bonchev–Trinajstić information content (AvgIpc) is 2.80. The molecule has 0 unspecified atom stereocenters. The number of benzene rings is 4. The molecule has 6 heteroatoms. The van der Waals surface area contributed by atoms with Crippen LogP contribution in [0.3, 0.4) is 0 Å². The molecule has 0 atom stereocenters. The van der Waals surface area contributed by atoms with E-state index >= 15 is 0 Å². The van der Waals surface area contributed by atoms with Gasteiger partial charge >= 0.3 is 0 Å². The van der Waals surface area contributed by atoms with Gasteiger partial charge in [-0.15, -0.1) is 0 Å². The Kier molecular flexibility index (Phi) is 6.36. The molecule has 6 nitrogen and oxygen atoms in total. The van der Waals surface area contributed by atoms with Crippen molar-refractivity contribution in [1.82, 2.24) is 0 Å². The molecular weight excluding hydrogens is 416 g/mol. The Morgan fingerprint density at radius 2 is 1.00 bits per heavy atom. The van der Waals surface area contributed by atoms with Crippen LogP contribution >= 0.6 is 0 Å². The number of phenols is 4. The number of rotatable bonds is 6. The Morgan fingerprint density at radius 3 is 1.42 bits per heavy atom. The fourth-order valence-electron chi connectivity index (χ4n) is 3.31. The maximum atomic E-state index is 10.2. The minimum Gasteiger partial charge on any atom is -0.508 e. The van der Waals surface area contributed by atoms with Crippen LogP contribution in [0.4, 0.5) is 11.4 Å². The lowest BCUT2D eigenvalue weighted by atomic mass is 10.0. The van der Waals surface area contributed by atoms with Crippen LogP contribution in [-0.4, -0.2) is 32.9 Å². The molecule has 0 aliphatic rings. The molecule has 0 fully saturated rings. The van der Waals surface area contributed by atoms with Crippen molar-refractivity contribution < 1.29 is 20.4 Å². The van der Waals surface area contributed by atoms with E-state index in [0.717, 1.165) is 11.1 Å². The fraction of sp³-hybridized carbons (Fsp3) is 0.0370. The molecule has 4 N–H and O–H groups in total. The number of phenolic OH excluding ortho intramolecular Hbond substituents is 4. The quantitative estimate of drug-likeness (QED) is 0.294. The molecule has 4 aromatic rings. The normalized spacial score (nSPS) is 11.4. The molecule has 0 saturated heterocycles. The molecule has 0 saturated carbocycles. The lowest BCUT2D eigenvalue weighted by molar-refractivity contribution is 0.474. The van der Waals surface area contributed by atoms with Crippen LogP contribution in [-0.2, 0) is 6.42 Å². The second-order valence-corrected chi connectivity index (χ2v) is 7.52. The summed E-state index contributed by atoms with van der Waals surface area (Å²) in [7, 11) is 0. The minimum atomic E-state index is 0.104. The first-order valence-corrected chi connectivity index (χ1v) is 10.3. The van der Waals surface area contributed by atoms with Gasteiger partial charge in [0.25, 0.3) is 0 Å². The van der Waals surface area contributed by atoms with Crippen molar-refractivity contribution in [3.63, 3.8) is 0 Å². The molecule has 0 aliphatic heterocycles. The SMILES string of the molecule is Oc1cccc(N=Cc2cc(Cc3ccc(O)c(C=Nc4cccc(O)c4)c3)ccc2O)c1. The highest BCUT2D eigenvalue weighted by molar-refractivity contribution is 5.86. The van der Waals surface area contributed by atoms with Gasteiger partial charge in [-0.3, -0.25) is 9.98 Å². The molecular formula is C27H22N2O4. The summed E-state index contributed by atoms with van der Waals surface area (Å²) in [5.41, 5.74) is 4.17. The zero-order valence-corrected chi connectivity index (χ0v) is 17.6. The van der Waals surface area contributed by atoms with E-state index in [0.29, 0.717) is 28.9 Å². The molecule has 0 spiro atoms. The fourth-order valence-corrected chi connectivity index (χ4v) is 3.31. The van der Waals surface area contributed by atoms with E-state index in [4.69, 9.17) is 0 Å². The Labute approximate surface area is 191 Å². The van der Waals surface area contributed by atoms with E-state index < -0.39 is 0 Å². The summed E-state index contributed by atoms with van der Waals surface area (Å²) in [5, 5.41) is 39.5. The lowest BCUT2D eigenvalue weighted by Gasteiger charge is -2.07. The molecule has 33 heavy (non-hydrogen) atoms. The van der Waals surface area contributed by atoms with E-state index in [2.05, 4.69) is 9.98 Å². The Balaban J connectivity index is 1.54. The van der Waals surface area contributed by atoms with Gasteiger partial charge in [-0.1, -0.05) is 24.3 Å². The standard InChI is InChI=1S/C27H22N2O4/c30-24-5-1-3-22(14-24)28-16-20-12-18(7-9-26(20)32)11-19-8-10-27(33)21(13-19)17-29-23-4-2-6-25(31)15-23/h1-10,12-17,30-33H,11H2. The Morgan fingerprint density at radius 1 is 0.545 bits per heavy atom. The van der Waals surface area contributed by atoms with Crippen LogP contribution < -0.4 is 0 Å². The number of hydrogen-bond acceptors (Lipinski definition) is 6. The predicted molar refractivity (Wildman–Crippen MR) is 130 cm³/mol. The average molecular weight is 438 g/mol. The van der Waals surface area contributed by atoms with Crippen molar-refractivity contribution in [3.8, 4) is 23.0 Å². The van der Waals surface area contributed by atoms with E-state index in [9.17, 15) is 20.4 Å². The van der Waals surface area contributed by atoms with Gasteiger partial charge in [-0.25, -0.2) is 0 Å². The summed E-state index contributed by atoms with van der Waals surface area (Å²) in [4.78, 5) is 8.64. The molecule has 4 aromatic carbocycles. The molecule has 164 valence electrons. The van der Waals surface area contributed by atoms with Crippen molar-refractivity contribution >= 4 is 23.8 Å². The van der Waals surface area contributed by atoms with Gasteiger partial charge in [0.05, 0.1) is 11.4 Å². The molecule has 0 bridgehead atoms. The van der Waals surface area contributed by atoms with Crippen molar-refractivity contribution in [2.24, 2.45) is 9.98 Å². The van der Waals surface area contributed by atoms with Gasteiger partial charge in [0.15, 0.2) is 0 Å². The van der Waals surface area contributed by atoms with Crippen molar-refractivity contribution in [1.29, 1.82) is 0 Å². The van der Waals surface area contributed by atoms with Gasteiger partial charge in [0, 0.05) is 35.7 Å². The number of nitrogens with zero attached hydrogens (tertiary/aromatic N) is 2. The second kappa shape index (κ2) is 9.70. The highest BCUT2D eigenvalue weighted by Crippen LogP contribution is 2.24. The van der Waals surface area contributed by atoms with Crippen LogP contribution in [0.2, 0.25) is 0 Å². The Hall–Kier alpha value is -4.58. The van der Waals surface area contributed by atoms with Gasteiger partial charge in [0.2, 0.25) is 0 Å². The third-order valence-electron chi connectivity index (χ3n) is 4.96. The molecule has 0 aromatic heterocycles. The summed E-state index contributed by atoms with van der Waals surface area (Å²) < 4.78 is 0. The first-order valence-electron chi connectivity index (χ1n) is 10.3. The van der Waals surface area contributed by atoms with E-state index in [1.54, 1.807) is 61.0 Å². The highest BCUT2D eigenvalue weighted by Gasteiger charge is 2.06. The molecule has 0 amide bonds. The van der Waals surface area contributed by atoms with E-state index in [1.165, 1.54) is 12.1 Å². The molecule has 4 rings (SSSR count). The summed E-state index contributed by atoms with van der Waals surface area (Å²) in [6.07, 6.45) is 3.68. The van der Waals surface area contributed by atoms with Crippen LogP contribution in [0.1, 0.15) is 22.3 Å². The third-order valence-corrected chi connectivity index (χ3v) is 4.96. The monoisotopic (exact) mass is 438 g/mol. The maximum Gasteiger partial charge on any atom is 0.124 e. The topological polar surface area (TPSA) is 106 Å². The van der Waals surface area contributed by atoms with Crippen LogP contribution in [0.15, 0.2) is 94.9 Å². The van der Waals surface area contributed by atoms with Gasteiger partial charge in [0.1, 0.15) is 23.0 Å². The smallest absolute Gasteiger partial charge is 0.124 e. The molecule has 0 aliphatic carbocycles. The summed E-state index contributed by atoms with van der Waals surface area (Å²) >= 11 is 0. The summed E-state index contributed by atoms with van der Waals surface area (Å²) in [6, 6.07) is 23.7. The predicted octanol–water partition coefficient (Wildman–Crippen LogP) is 5.60. The van der Waals surface area contributed by atoms with Crippen molar-refractivity contribution in [3.05, 3.63) is 107 Å². The molecule has 0 heterocycles. The van der Waals surface area contributed by atoms with Crippen molar-refractivity contribution in [2.45, 2.75) is 6.42 Å². The number of aromatic hydroxyl groups is 4. The van der Waals surface area contributed by atoms with Gasteiger partial charge < -0.3 is 20.4 Å². The summed E-state index contributed by atoms with van der Waals surface area (Å²) in [6.45, 7) is 0. The molecule has 0 radical (unpaired) electrons. The first kappa shape index (κ1) is 21.6. The third kappa shape index (κ3) is 5.77. The highest BCUT2D eigenvalue weighted by atomic mass is 16.3. The van der Waals surface area contributed by atoms with E-state index in [-0.39, 0.29) is 23.0 Å². The van der Waals surface area contributed by atoms with Gasteiger partial charge in [-0.05, 0) is 66.1 Å². The number of hydrogen-bond donors (Lipinski definition) is 4.